The topological polar surface area (TPSA) is 70.8 Å². The second-order valence-corrected chi connectivity index (χ2v) is 8.24. The zero-order chi connectivity index (χ0) is 19.0. The van der Waals surface area contributed by atoms with Crippen molar-refractivity contribution in [2.45, 2.75) is 4.90 Å². The molecule has 1 fully saturated rings. The zero-order valence-corrected chi connectivity index (χ0v) is 15.2. The molecule has 2 aromatic carbocycles. The lowest BCUT2D eigenvalue weighted by Crippen LogP contribution is -2.50. The summed E-state index contributed by atoms with van der Waals surface area (Å²) in [5, 5.41) is 0.846. The number of piperazine rings is 1. The van der Waals surface area contributed by atoms with Crippen molar-refractivity contribution < 1.29 is 22.0 Å². The minimum atomic E-state index is -3.71. The smallest absolute Gasteiger partial charge is 0.289 e. The van der Waals surface area contributed by atoms with E-state index in [4.69, 9.17) is 4.42 Å². The molecule has 0 saturated carbocycles. The molecule has 140 valence electrons. The second kappa shape index (κ2) is 6.79. The van der Waals surface area contributed by atoms with E-state index < -0.39 is 15.8 Å². The SMILES string of the molecule is O=C(c1cc2ccccc2o1)N1CCN(S(=O)(=O)c2ccc(F)cc2)CC1. The van der Waals surface area contributed by atoms with Gasteiger partial charge in [0.05, 0.1) is 4.90 Å². The summed E-state index contributed by atoms with van der Waals surface area (Å²) in [5.41, 5.74) is 0.637. The van der Waals surface area contributed by atoms with Gasteiger partial charge < -0.3 is 9.32 Å². The minimum Gasteiger partial charge on any atom is -0.451 e. The minimum absolute atomic E-state index is 0.0426. The van der Waals surface area contributed by atoms with Crippen LogP contribution in [0, 0.1) is 5.82 Å². The number of amides is 1. The van der Waals surface area contributed by atoms with Crippen LogP contribution in [0.3, 0.4) is 0 Å². The van der Waals surface area contributed by atoms with Crippen molar-refractivity contribution in [1.29, 1.82) is 0 Å². The average molecular weight is 388 g/mol. The van der Waals surface area contributed by atoms with Gasteiger partial charge in [-0.2, -0.15) is 4.31 Å². The Morgan fingerprint density at radius 1 is 0.963 bits per heavy atom. The van der Waals surface area contributed by atoms with Crippen LogP contribution in [0.25, 0.3) is 11.0 Å². The second-order valence-electron chi connectivity index (χ2n) is 6.30. The van der Waals surface area contributed by atoms with Gasteiger partial charge in [0.2, 0.25) is 10.0 Å². The predicted octanol–water partition coefficient (Wildman–Crippen LogP) is 2.72. The van der Waals surface area contributed by atoms with Gasteiger partial charge in [-0.15, -0.1) is 0 Å². The molecule has 27 heavy (non-hydrogen) atoms. The van der Waals surface area contributed by atoms with E-state index in [2.05, 4.69) is 0 Å². The van der Waals surface area contributed by atoms with Crippen LogP contribution in [-0.2, 0) is 10.0 Å². The third kappa shape index (κ3) is 3.33. The summed E-state index contributed by atoms with van der Waals surface area (Å²) in [6.45, 7) is 0.865. The molecule has 6 nitrogen and oxygen atoms in total. The Morgan fingerprint density at radius 3 is 2.30 bits per heavy atom. The van der Waals surface area contributed by atoms with E-state index in [0.29, 0.717) is 5.58 Å². The number of carbonyl (C=O) groups is 1. The van der Waals surface area contributed by atoms with Crippen molar-refractivity contribution in [2.75, 3.05) is 26.2 Å². The fourth-order valence-electron chi connectivity index (χ4n) is 3.13. The molecule has 4 rings (SSSR count). The number of nitrogens with zero attached hydrogens (tertiary/aromatic N) is 2. The van der Waals surface area contributed by atoms with Crippen LogP contribution in [-0.4, -0.2) is 49.7 Å². The molecule has 0 N–H and O–H groups in total. The van der Waals surface area contributed by atoms with Crippen molar-refractivity contribution in [1.82, 2.24) is 9.21 Å². The Bertz CT molecular complexity index is 1050. The first-order valence-electron chi connectivity index (χ1n) is 8.49. The summed E-state index contributed by atoms with van der Waals surface area (Å²) in [6, 6.07) is 13.8. The maximum Gasteiger partial charge on any atom is 0.289 e. The van der Waals surface area contributed by atoms with Crippen LogP contribution in [0.4, 0.5) is 4.39 Å². The molecule has 1 aromatic heterocycles. The molecule has 1 amide bonds. The predicted molar refractivity (Wildman–Crippen MR) is 97.3 cm³/mol. The number of carbonyl (C=O) groups excluding carboxylic acids is 1. The first-order valence-corrected chi connectivity index (χ1v) is 9.93. The molecule has 1 aliphatic heterocycles. The number of rotatable bonds is 3. The van der Waals surface area contributed by atoms with Gasteiger partial charge in [-0.05, 0) is 36.4 Å². The number of hydrogen-bond donors (Lipinski definition) is 0. The van der Waals surface area contributed by atoms with Crippen LogP contribution in [0.15, 0.2) is 63.9 Å². The van der Waals surface area contributed by atoms with Gasteiger partial charge in [0, 0.05) is 31.6 Å². The van der Waals surface area contributed by atoms with Crippen molar-refractivity contribution >= 4 is 26.9 Å². The number of fused-ring (bicyclic) bond motifs is 1. The largest absolute Gasteiger partial charge is 0.451 e. The van der Waals surface area contributed by atoms with Gasteiger partial charge in [-0.1, -0.05) is 18.2 Å². The summed E-state index contributed by atoms with van der Waals surface area (Å²) in [7, 11) is -3.71. The molecule has 3 aromatic rings. The molecular weight excluding hydrogens is 371 g/mol. The first-order chi connectivity index (χ1) is 12.9. The first kappa shape index (κ1) is 17.7. The summed E-state index contributed by atoms with van der Waals surface area (Å²) in [6.07, 6.45) is 0. The summed E-state index contributed by atoms with van der Waals surface area (Å²) < 4.78 is 45.2. The highest BCUT2D eigenvalue weighted by molar-refractivity contribution is 7.89. The molecule has 2 heterocycles. The molecule has 1 aliphatic rings. The van der Waals surface area contributed by atoms with Crippen molar-refractivity contribution in [3.63, 3.8) is 0 Å². The lowest BCUT2D eigenvalue weighted by atomic mass is 10.2. The Kier molecular flexibility index (Phi) is 4.45. The third-order valence-electron chi connectivity index (χ3n) is 4.61. The monoisotopic (exact) mass is 388 g/mol. The van der Waals surface area contributed by atoms with Crippen molar-refractivity contribution in [2.24, 2.45) is 0 Å². The van der Waals surface area contributed by atoms with E-state index in [1.807, 2.05) is 18.2 Å². The fourth-order valence-corrected chi connectivity index (χ4v) is 4.55. The Balaban J connectivity index is 1.46. The van der Waals surface area contributed by atoms with Crippen LogP contribution >= 0.6 is 0 Å². The van der Waals surface area contributed by atoms with Gasteiger partial charge in [0.25, 0.3) is 5.91 Å². The van der Waals surface area contributed by atoms with E-state index in [1.54, 1.807) is 17.0 Å². The lowest BCUT2D eigenvalue weighted by Gasteiger charge is -2.33. The number of furan rings is 1. The van der Waals surface area contributed by atoms with E-state index in [-0.39, 0.29) is 42.7 Å². The number of para-hydroxylation sites is 1. The number of hydrogen-bond acceptors (Lipinski definition) is 4. The van der Waals surface area contributed by atoms with E-state index in [9.17, 15) is 17.6 Å². The van der Waals surface area contributed by atoms with Gasteiger partial charge in [0.1, 0.15) is 11.4 Å². The molecule has 1 saturated heterocycles. The number of sulfonamides is 1. The molecule has 8 heteroatoms. The Morgan fingerprint density at radius 2 is 1.63 bits per heavy atom. The maximum atomic E-state index is 13.0. The van der Waals surface area contributed by atoms with Crippen LogP contribution < -0.4 is 0 Å². The number of benzene rings is 2. The van der Waals surface area contributed by atoms with E-state index in [1.165, 1.54) is 16.4 Å². The van der Waals surface area contributed by atoms with Crippen molar-refractivity contribution in [3.05, 3.63) is 66.2 Å². The van der Waals surface area contributed by atoms with Crippen LogP contribution in [0.1, 0.15) is 10.6 Å². The highest BCUT2D eigenvalue weighted by Gasteiger charge is 2.31. The molecule has 0 atom stereocenters. The maximum absolute atomic E-state index is 13.0. The van der Waals surface area contributed by atoms with Crippen LogP contribution in [0.2, 0.25) is 0 Å². The third-order valence-corrected chi connectivity index (χ3v) is 6.53. The highest BCUT2D eigenvalue weighted by Crippen LogP contribution is 2.22. The lowest BCUT2D eigenvalue weighted by molar-refractivity contribution is 0.0668. The van der Waals surface area contributed by atoms with Gasteiger partial charge in [-0.3, -0.25) is 4.79 Å². The van der Waals surface area contributed by atoms with E-state index >= 15 is 0 Å². The zero-order valence-electron chi connectivity index (χ0n) is 14.3. The Labute approximate surface area is 155 Å². The standard InChI is InChI=1S/C19H17FN2O4S/c20-15-5-7-16(8-6-15)27(24,25)22-11-9-21(10-12-22)19(23)18-13-14-3-1-2-4-17(14)26-18/h1-8,13H,9-12H2. The summed E-state index contributed by atoms with van der Waals surface area (Å²) in [4.78, 5) is 14.3. The summed E-state index contributed by atoms with van der Waals surface area (Å²) >= 11 is 0. The average Bonchev–Trinajstić information content (AvgIpc) is 3.12. The molecular formula is C19H17FN2O4S. The van der Waals surface area contributed by atoms with Gasteiger partial charge in [0.15, 0.2) is 5.76 Å². The quantitative estimate of drug-likeness (QED) is 0.692. The molecule has 0 unspecified atom stereocenters. The fraction of sp³-hybridized carbons (Fsp3) is 0.211. The van der Waals surface area contributed by atoms with Gasteiger partial charge >= 0.3 is 0 Å². The van der Waals surface area contributed by atoms with E-state index in [0.717, 1.165) is 17.5 Å². The molecule has 0 aliphatic carbocycles. The van der Waals surface area contributed by atoms with Gasteiger partial charge in [-0.25, -0.2) is 12.8 Å². The highest BCUT2D eigenvalue weighted by atomic mass is 32.2. The molecule has 0 bridgehead atoms. The summed E-state index contributed by atoms with van der Waals surface area (Å²) in [5.74, 6) is -0.508. The normalized spacial score (nSPS) is 16.0. The van der Waals surface area contributed by atoms with Crippen molar-refractivity contribution in [3.8, 4) is 0 Å². The molecule has 0 radical (unpaired) electrons. The molecule has 0 spiro atoms. The van der Waals surface area contributed by atoms with Crippen LogP contribution in [0.5, 0.6) is 0 Å². The number of halogens is 1. The Hall–Kier alpha value is -2.71.